The van der Waals surface area contributed by atoms with Gasteiger partial charge in [-0.3, -0.25) is 0 Å². The van der Waals surface area contributed by atoms with Crippen molar-refractivity contribution in [2.75, 3.05) is 24.6 Å². The van der Waals surface area contributed by atoms with Crippen LogP contribution in [0, 0.1) is 11.3 Å². The second-order valence-corrected chi connectivity index (χ2v) is 8.83. The Kier molecular flexibility index (Phi) is 7.95. The van der Waals surface area contributed by atoms with Gasteiger partial charge in [-0.15, -0.1) is 0 Å². The highest BCUT2D eigenvalue weighted by molar-refractivity contribution is 5.89. The SMILES string of the molecule is C[C@H](Cc1cc(C#N)c2c(c1)CCN2CCCOC(=O)c1ccccc1)NCc1ccccc1. The van der Waals surface area contributed by atoms with Crippen LogP contribution in [0.2, 0.25) is 0 Å². The summed E-state index contributed by atoms with van der Waals surface area (Å²) in [6, 6.07) is 26.5. The van der Waals surface area contributed by atoms with Crippen LogP contribution in [0.3, 0.4) is 0 Å². The molecule has 0 fully saturated rings. The average molecular weight is 454 g/mol. The van der Waals surface area contributed by atoms with Crippen LogP contribution in [0.4, 0.5) is 5.69 Å². The fourth-order valence-corrected chi connectivity index (χ4v) is 4.51. The second-order valence-electron chi connectivity index (χ2n) is 8.83. The lowest BCUT2D eigenvalue weighted by molar-refractivity contribution is 0.0502. The molecule has 0 aliphatic carbocycles. The van der Waals surface area contributed by atoms with Gasteiger partial charge in [-0.2, -0.15) is 5.26 Å². The van der Waals surface area contributed by atoms with Crippen molar-refractivity contribution in [2.45, 2.75) is 38.8 Å². The zero-order valence-corrected chi connectivity index (χ0v) is 19.7. The van der Waals surface area contributed by atoms with E-state index in [4.69, 9.17) is 4.74 Å². The number of nitriles is 1. The molecule has 1 N–H and O–H groups in total. The predicted octanol–water partition coefficient (Wildman–Crippen LogP) is 4.89. The number of ether oxygens (including phenoxy) is 1. The zero-order valence-electron chi connectivity index (χ0n) is 19.7. The van der Waals surface area contributed by atoms with Crippen LogP contribution in [-0.2, 0) is 24.1 Å². The van der Waals surface area contributed by atoms with Gasteiger partial charge in [0.2, 0.25) is 0 Å². The van der Waals surface area contributed by atoms with Crippen LogP contribution in [0.25, 0.3) is 0 Å². The van der Waals surface area contributed by atoms with Gasteiger partial charge in [-0.05, 0) is 61.1 Å². The van der Waals surface area contributed by atoms with Crippen molar-refractivity contribution in [1.82, 2.24) is 5.32 Å². The van der Waals surface area contributed by atoms with Gasteiger partial charge in [0.05, 0.1) is 23.4 Å². The summed E-state index contributed by atoms with van der Waals surface area (Å²) in [5.74, 6) is -0.292. The Bertz CT molecular complexity index is 1140. The van der Waals surface area contributed by atoms with E-state index in [1.165, 1.54) is 16.7 Å². The molecular formula is C29H31N3O2. The highest BCUT2D eigenvalue weighted by Gasteiger charge is 2.23. The maximum Gasteiger partial charge on any atom is 0.338 e. The van der Waals surface area contributed by atoms with Crippen molar-refractivity contribution in [3.63, 3.8) is 0 Å². The number of carbonyl (C=O) groups excluding carboxylic acids is 1. The molecule has 0 spiro atoms. The highest BCUT2D eigenvalue weighted by atomic mass is 16.5. The number of nitrogens with zero attached hydrogens (tertiary/aromatic N) is 2. The summed E-state index contributed by atoms with van der Waals surface area (Å²) in [7, 11) is 0. The van der Waals surface area contributed by atoms with E-state index in [1.54, 1.807) is 12.1 Å². The molecular weight excluding hydrogens is 422 g/mol. The number of benzene rings is 3. The number of anilines is 1. The van der Waals surface area contributed by atoms with Crippen molar-refractivity contribution in [1.29, 1.82) is 5.26 Å². The van der Waals surface area contributed by atoms with Crippen LogP contribution in [0.1, 0.15) is 46.0 Å². The largest absolute Gasteiger partial charge is 0.462 e. The number of esters is 1. The monoisotopic (exact) mass is 453 g/mol. The van der Waals surface area contributed by atoms with Gasteiger partial charge in [-0.25, -0.2) is 4.79 Å². The smallest absolute Gasteiger partial charge is 0.338 e. The predicted molar refractivity (Wildman–Crippen MR) is 135 cm³/mol. The van der Waals surface area contributed by atoms with Gasteiger partial charge in [-0.1, -0.05) is 54.6 Å². The summed E-state index contributed by atoms with van der Waals surface area (Å²) in [5.41, 5.74) is 6.06. The van der Waals surface area contributed by atoms with E-state index >= 15 is 0 Å². The lowest BCUT2D eigenvalue weighted by Gasteiger charge is -2.21. The number of nitrogens with one attached hydrogen (secondary N) is 1. The molecule has 1 aliphatic rings. The first kappa shape index (κ1) is 23.5. The second kappa shape index (κ2) is 11.5. The third-order valence-corrected chi connectivity index (χ3v) is 6.19. The molecule has 4 rings (SSSR count). The van der Waals surface area contributed by atoms with E-state index in [9.17, 15) is 10.1 Å². The molecule has 3 aromatic rings. The van der Waals surface area contributed by atoms with Crippen LogP contribution in [-0.4, -0.2) is 31.7 Å². The van der Waals surface area contributed by atoms with Crippen molar-refractivity contribution in [2.24, 2.45) is 0 Å². The van der Waals surface area contributed by atoms with E-state index in [2.05, 4.69) is 53.5 Å². The summed E-state index contributed by atoms with van der Waals surface area (Å²) >= 11 is 0. The van der Waals surface area contributed by atoms with Crippen molar-refractivity contribution in [3.05, 3.63) is 101 Å². The zero-order chi connectivity index (χ0) is 23.8. The van der Waals surface area contributed by atoms with Gasteiger partial charge in [0, 0.05) is 25.7 Å². The quantitative estimate of drug-likeness (QED) is 0.350. The third kappa shape index (κ3) is 6.03. The molecule has 0 aromatic heterocycles. The topological polar surface area (TPSA) is 65.4 Å². The minimum atomic E-state index is -0.292. The number of hydrogen-bond acceptors (Lipinski definition) is 5. The molecule has 0 amide bonds. The fourth-order valence-electron chi connectivity index (χ4n) is 4.51. The van der Waals surface area contributed by atoms with E-state index in [0.717, 1.165) is 50.1 Å². The Balaban J connectivity index is 1.31. The Morgan fingerprint density at radius 3 is 2.56 bits per heavy atom. The summed E-state index contributed by atoms with van der Waals surface area (Å²) in [5, 5.41) is 13.4. The van der Waals surface area contributed by atoms with E-state index < -0.39 is 0 Å². The summed E-state index contributed by atoms with van der Waals surface area (Å²) < 4.78 is 5.41. The average Bonchev–Trinajstić information content (AvgIpc) is 3.28. The van der Waals surface area contributed by atoms with Crippen molar-refractivity contribution < 1.29 is 9.53 Å². The van der Waals surface area contributed by atoms with Crippen LogP contribution in [0.5, 0.6) is 0 Å². The van der Waals surface area contributed by atoms with E-state index in [0.29, 0.717) is 18.2 Å². The minimum Gasteiger partial charge on any atom is -0.462 e. The number of carbonyl (C=O) groups is 1. The Morgan fingerprint density at radius 2 is 1.82 bits per heavy atom. The van der Waals surface area contributed by atoms with Gasteiger partial charge >= 0.3 is 5.97 Å². The molecule has 0 bridgehead atoms. The molecule has 174 valence electrons. The fraction of sp³-hybridized carbons (Fsp3) is 0.310. The van der Waals surface area contributed by atoms with Gasteiger partial charge in [0.15, 0.2) is 0 Å². The first-order valence-electron chi connectivity index (χ1n) is 11.9. The number of hydrogen-bond donors (Lipinski definition) is 1. The molecule has 34 heavy (non-hydrogen) atoms. The van der Waals surface area contributed by atoms with Gasteiger partial charge in [0.25, 0.3) is 0 Å². The molecule has 3 aromatic carbocycles. The number of rotatable bonds is 10. The molecule has 5 nitrogen and oxygen atoms in total. The number of fused-ring (bicyclic) bond motifs is 1. The molecule has 5 heteroatoms. The Morgan fingerprint density at radius 1 is 1.09 bits per heavy atom. The maximum absolute atomic E-state index is 12.1. The molecule has 0 unspecified atom stereocenters. The maximum atomic E-state index is 12.1. The molecule has 0 saturated carbocycles. The standard InChI is InChI=1S/C29H31N3O2/c1-22(31-21-23-9-4-2-5-10-23)17-24-18-26-13-15-32(28(26)27(19-24)20-30)14-8-16-34-29(33)25-11-6-3-7-12-25/h2-7,9-12,18-19,22,31H,8,13-17,21H2,1H3/t22-/m1/s1. The molecule has 0 saturated heterocycles. The minimum absolute atomic E-state index is 0.292. The first-order valence-corrected chi connectivity index (χ1v) is 11.9. The van der Waals surface area contributed by atoms with Crippen LogP contribution < -0.4 is 10.2 Å². The summed E-state index contributed by atoms with van der Waals surface area (Å²) in [4.78, 5) is 14.4. The Labute approximate surface area is 202 Å². The lowest BCUT2D eigenvalue weighted by atomic mass is 9.99. The summed E-state index contributed by atoms with van der Waals surface area (Å²) in [6.45, 7) is 5.04. The third-order valence-electron chi connectivity index (χ3n) is 6.19. The van der Waals surface area contributed by atoms with Crippen molar-refractivity contribution >= 4 is 11.7 Å². The Hall–Kier alpha value is -3.62. The molecule has 1 aliphatic heterocycles. The van der Waals surface area contributed by atoms with Crippen LogP contribution >= 0.6 is 0 Å². The first-order chi connectivity index (χ1) is 16.6. The summed E-state index contributed by atoms with van der Waals surface area (Å²) in [6.07, 6.45) is 2.54. The van der Waals surface area contributed by atoms with Gasteiger partial charge in [0.1, 0.15) is 6.07 Å². The van der Waals surface area contributed by atoms with E-state index in [1.807, 2.05) is 30.3 Å². The van der Waals surface area contributed by atoms with E-state index in [-0.39, 0.29) is 5.97 Å². The molecule has 1 atom stereocenters. The molecule has 1 heterocycles. The van der Waals surface area contributed by atoms with Crippen LogP contribution in [0.15, 0.2) is 72.8 Å². The van der Waals surface area contributed by atoms with Crippen molar-refractivity contribution in [3.8, 4) is 6.07 Å². The van der Waals surface area contributed by atoms with Gasteiger partial charge < -0.3 is 15.0 Å². The molecule has 0 radical (unpaired) electrons. The normalized spacial score (nSPS) is 13.2. The highest BCUT2D eigenvalue weighted by Crippen LogP contribution is 2.33. The lowest BCUT2D eigenvalue weighted by Crippen LogP contribution is -2.27.